The summed E-state index contributed by atoms with van der Waals surface area (Å²) >= 11 is 1.56. The second-order valence-electron chi connectivity index (χ2n) is 7.28. The topological polar surface area (TPSA) is 53.7 Å². The van der Waals surface area contributed by atoms with E-state index < -0.39 is 0 Å². The maximum absolute atomic E-state index is 13.0. The Bertz CT molecular complexity index is 892. The van der Waals surface area contributed by atoms with Gasteiger partial charge in [0.05, 0.1) is 5.69 Å². The van der Waals surface area contributed by atoms with E-state index in [0.717, 1.165) is 43.3 Å². The highest BCUT2D eigenvalue weighted by atomic mass is 32.1. The van der Waals surface area contributed by atoms with Crippen LogP contribution in [0.15, 0.2) is 42.2 Å². The van der Waals surface area contributed by atoms with Gasteiger partial charge in [0.2, 0.25) is 0 Å². The molecule has 7 heteroatoms. The van der Waals surface area contributed by atoms with Crippen LogP contribution in [0.2, 0.25) is 0 Å². The van der Waals surface area contributed by atoms with Gasteiger partial charge in [-0.05, 0) is 30.9 Å². The summed E-state index contributed by atoms with van der Waals surface area (Å²) in [7, 11) is 0. The van der Waals surface area contributed by atoms with Crippen molar-refractivity contribution in [3.8, 4) is 0 Å². The number of rotatable bonds is 3. The Morgan fingerprint density at radius 2 is 2.19 bits per heavy atom. The molecule has 2 bridgehead atoms. The van der Waals surface area contributed by atoms with E-state index in [4.69, 9.17) is 0 Å². The van der Waals surface area contributed by atoms with Crippen LogP contribution in [0.25, 0.3) is 4.96 Å². The van der Waals surface area contributed by atoms with Gasteiger partial charge in [0.1, 0.15) is 5.69 Å². The van der Waals surface area contributed by atoms with Crippen molar-refractivity contribution in [2.75, 3.05) is 19.6 Å². The normalized spacial score (nSPS) is 23.5. The first-order chi connectivity index (χ1) is 12.8. The van der Waals surface area contributed by atoms with E-state index in [-0.39, 0.29) is 5.91 Å². The molecular weight excluding hydrogens is 346 g/mol. The summed E-state index contributed by atoms with van der Waals surface area (Å²) in [5, 5.41) is 1.98. The highest BCUT2D eigenvalue weighted by molar-refractivity contribution is 7.15. The van der Waals surface area contributed by atoms with Crippen LogP contribution >= 0.6 is 11.3 Å². The quantitative estimate of drug-likeness (QED) is 0.714. The van der Waals surface area contributed by atoms with E-state index in [9.17, 15) is 4.79 Å². The summed E-state index contributed by atoms with van der Waals surface area (Å²) in [5.41, 5.74) is 1.67. The lowest BCUT2D eigenvalue weighted by atomic mass is 9.95. The average Bonchev–Trinajstić information content (AvgIpc) is 3.14. The molecule has 0 N–H and O–H groups in total. The van der Waals surface area contributed by atoms with Crippen LogP contribution < -0.4 is 0 Å². The minimum atomic E-state index is 0.0671. The van der Waals surface area contributed by atoms with E-state index in [1.807, 2.05) is 45.4 Å². The molecule has 2 atom stereocenters. The second kappa shape index (κ2) is 6.48. The van der Waals surface area contributed by atoms with Gasteiger partial charge in [0, 0.05) is 56.2 Å². The van der Waals surface area contributed by atoms with Gasteiger partial charge in [0.15, 0.2) is 4.96 Å². The first kappa shape index (κ1) is 16.0. The summed E-state index contributed by atoms with van der Waals surface area (Å²) in [5.74, 6) is 0.600. The number of pyridine rings is 1. The number of imidazole rings is 1. The van der Waals surface area contributed by atoms with Gasteiger partial charge in [-0.15, -0.1) is 11.3 Å². The van der Waals surface area contributed by atoms with Gasteiger partial charge in [-0.3, -0.25) is 19.1 Å². The number of aromatic nitrogens is 3. The molecule has 1 amide bonds. The van der Waals surface area contributed by atoms with Gasteiger partial charge in [-0.25, -0.2) is 4.98 Å². The molecule has 3 fully saturated rings. The fourth-order valence-corrected chi connectivity index (χ4v) is 4.93. The van der Waals surface area contributed by atoms with Crippen LogP contribution in [-0.4, -0.2) is 55.8 Å². The zero-order valence-corrected chi connectivity index (χ0v) is 15.3. The number of hydrogen-bond acceptors (Lipinski definition) is 5. The Labute approximate surface area is 156 Å². The van der Waals surface area contributed by atoms with E-state index >= 15 is 0 Å². The fraction of sp³-hybridized carbons (Fsp3) is 0.421. The average molecular weight is 367 g/mol. The van der Waals surface area contributed by atoms with Crippen molar-refractivity contribution in [3.63, 3.8) is 0 Å². The van der Waals surface area contributed by atoms with Crippen molar-refractivity contribution in [1.29, 1.82) is 0 Å². The molecule has 26 heavy (non-hydrogen) atoms. The number of piperidine rings is 1. The minimum absolute atomic E-state index is 0.0671. The third kappa shape index (κ3) is 2.91. The molecule has 0 aliphatic carbocycles. The summed E-state index contributed by atoms with van der Waals surface area (Å²) < 4.78 is 1.93. The van der Waals surface area contributed by atoms with Crippen LogP contribution in [0.5, 0.6) is 0 Å². The third-order valence-corrected chi connectivity index (χ3v) is 6.29. The number of carbonyl (C=O) groups excluding carboxylic acids is 1. The number of hydrogen-bond donors (Lipinski definition) is 0. The molecule has 0 unspecified atom stereocenters. The zero-order chi connectivity index (χ0) is 17.5. The monoisotopic (exact) mass is 367 g/mol. The van der Waals surface area contributed by atoms with Gasteiger partial charge >= 0.3 is 0 Å². The molecule has 3 aliphatic rings. The highest BCUT2D eigenvalue weighted by Gasteiger charge is 2.37. The van der Waals surface area contributed by atoms with Crippen molar-refractivity contribution in [2.24, 2.45) is 5.92 Å². The fourth-order valence-electron chi connectivity index (χ4n) is 4.23. The maximum Gasteiger partial charge on any atom is 0.274 e. The van der Waals surface area contributed by atoms with Gasteiger partial charge < -0.3 is 4.90 Å². The lowest BCUT2D eigenvalue weighted by Gasteiger charge is -2.35. The number of fused-ring (bicyclic) bond motifs is 5. The smallest absolute Gasteiger partial charge is 0.274 e. The van der Waals surface area contributed by atoms with Crippen molar-refractivity contribution >= 4 is 22.2 Å². The first-order valence-electron chi connectivity index (χ1n) is 9.12. The van der Waals surface area contributed by atoms with Crippen molar-refractivity contribution < 1.29 is 4.79 Å². The second-order valence-corrected chi connectivity index (χ2v) is 8.15. The van der Waals surface area contributed by atoms with Crippen molar-refractivity contribution in [2.45, 2.75) is 25.4 Å². The Morgan fingerprint density at radius 3 is 3.04 bits per heavy atom. The van der Waals surface area contributed by atoms with E-state index in [1.165, 1.54) is 6.42 Å². The molecule has 0 spiro atoms. The number of thiazole rings is 1. The van der Waals surface area contributed by atoms with Crippen LogP contribution in [0.4, 0.5) is 0 Å². The Hall–Kier alpha value is -2.25. The lowest BCUT2D eigenvalue weighted by molar-refractivity contribution is 0.0730. The molecule has 6 rings (SSSR count). The lowest BCUT2D eigenvalue weighted by Crippen LogP contribution is -2.44. The summed E-state index contributed by atoms with van der Waals surface area (Å²) in [6, 6.07) is 6.48. The van der Waals surface area contributed by atoms with Crippen LogP contribution in [0, 0.1) is 5.92 Å². The Balaban J connectivity index is 1.34. The molecule has 134 valence electrons. The summed E-state index contributed by atoms with van der Waals surface area (Å²) in [6.07, 6.45) is 8.01. The highest BCUT2D eigenvalue weighted by Crippen LogP contribution is 2.29. The zero-order valence-electron chi connectivity index (χ0n) is 14.5. The summed E-state index contributed by atoms with van der Waals surface area (Å²) in [4.78, 5) is 27.4. The maximum atomic E-state index is 13.0. The number of nitrogens with zero attached hydrogens (tertiary/aromatic N) is 5. The van der Waals surface area contributed by atoms with Crippen LogP contribution in [0.1, 0.15) is 29.0 Å². The molecule has 6 heterocycles. The summed E-state index contributed by atoms with van der Waals surface area (Å²) in [6.45, 7) is 3.53. The van der Waals surface area contributed by atoms with Crippen molar-refractivity contribution in [1.82, 2.24) is 24.2 Å². The Morgan fingerprint density at radius 1 is 1.23 bits per heavy atom. The molecular formula is C19H21N5OS. The SMILES string of the molecule is O=C(c1cn2ccsc2n1)N1C[C@@H]2CC[C@H](C1)N(Cc1ccccn1)C2. The van der Waals surface area contributed by atoms with E-state index in [0.29, 0.717) is 17.7 Å². The molecule has 0 aromatic carbocycles. The van der Waals surface area contributed by atoms with E-state index in [2.05, 4.69) is 20.9 Å². The molecule has 3 saturated heterocycles. The largest absolute Gasteiger partial charge is 0.335 e. The minimum Gasteiger partial charge on any atom is -0.335 e. The number of amides is 1. The molecule has 3 aliphatic heterocycles. The number of carbonyl (C=O) groups is 1. The standard InChI is InChI=1S/C19H21N5OS/c25-18(17-13-22-7-8-26-19(22)21-17)24-10-14-4-5-16(12-24)23(9-14)11-15-3-1-2-6-20-15/h1-3,6-8,13-14,16H,4-5,9-12H2/t14-,16-/m1/s1. The van der Waals surface area contributed by atoms with Crippen molar-refractivity contribution in [3.05, 3.63) is 53.6 Å². The third-order valence-electron chi connectivity index (χ3n) is 5.52. The van der Waals surface area contributed by atoms with Crippen LogP contribution in [-0.2, 0) is 6.54 Å². The molecule has 0 saturated carbocycles. The predicted octanol–water partition coefficient (Wildman–Crippen LogP) is 2.53. The first-order valence-corrected chi connectivity index (χ1v) is 9.99. The molecule has 3 aromatic heterocycles. The van der Waals surface area contributed by atoms with E-state index in [1.54, 1.807) is 11.3 Å². The van der Waals surface area contributed by atoms with Gasteiger partial charge in [-0.2, -0.15) is 0 Å². The predicted molar refractivity (Wildman–Crippen MR) is 100 cm³/mol. The Kier molecular flexibility index (Phi) is 3.98. The molecule has 3 aromatic rings. The molecule has 6 nitrogen and oxygen atoms in total. The van der Waals surface area contributed by atoms with Gasteiger partial charge in [0.25, 0.3) is 5.91 Å². The van der Waals surface area contributed by atoms with Crippen LogP contribution in [0.3, 0.4) is 0 Å². The molecule has 0 radical (unpaired) electrons. The van der Waals surface area contributed by atoms with Gasteiger partial charge in [-0.1, -0.05) is 6.07 Å².